The second-order valence-electron chi connectivity index (χ2n) is 15.4. The van der Waals surface area contributed by atoms with E-state index in [4.69, 9.17) is 112 Å². The summed E-state index contributed by atoms with van der Waals surface area (Å²) in [6.45, 7) is 9.38. The van der Waals surface area contributed by atoms with Crippen LogP contribution in [0, 0.1) is 0 Å². The molecule has 0 amide bonds. The predicted molar refractivity (Wildman–Crippen MR) is 266 cm³/mol. The number of benzene rings is 3. The van der Waals surface area contributed by atoms with Gasteiger partial charge in [0.05, 0.1) is 39.6 Å². The van der Waals surface area contributed by atoms with Crippen molar-refractivity contribution in [2.24, 2.45) is 0 Å². The van der Waals surface area contributed by atoms with Crippen molar-refractivity contribution >= 4 is 78.2 Å². The van der Waals surface area contributed by atoms with Crippen LogP contribution in [-0.2, 0) is 13.6 Å². The fraction of sp³-hybridized carbons (Fsp3) is 0.625. The second kappa shape index (κ2) is 33.1. The third kappa shape index (κ3) is 27.4. The van der Waals surface area contributed by atoms with E-state index in [1.54, 1.807) is 0 Å². The molecule has 16 heteroatoms. The van der Waals surface area contributed by atoms with E-state index >= 15 is 0 Å². The lowest BCUT2D eigenvalue weighted by atomic mass is 10.2. The van der Waals surface area contributed by atoms with Crippen LogP contribution in [0.5, 0.6) is 34.5 Å². The monoisotopic (exact) mass is 1030 g/mol. The van der Waals surface area contributed by atoms with Crippen LogP contribution >= 0.6 is 78.2 Å². The molecule has 0 N–H and O–H groups in total. The zero-order valence-corrected chi connectivity index (χ0v) is 43.2. The lowest BCUT2D eigenvalue weighted by Gasteiger charge is -2.32. The van der Waals surface area contributed by atoms with E-state index in [2.05, 4.69) is 20.8 Å². The normalized spacial score (nSPS) is 12.1. The third-order valence-electron chi connectivity index (χ3n) is 9.48. The fourth-order valence-electron chi connectivity index (χ4n) is 6.04. The highest BCUT2D eigenvalue weighted by atomic mass is 35.5. The van der Waals surface area contributed by atoms with Crippen LogP contribution in [-0.4, -0.2) is 53.2 Å². The van der Waals surface area contributed by atoms with E-state index < -0.39 is 22.2 Å². The highest BCUT2D eigenvalue weighted by Gasteiger charge is 2.41. The summed E-state index contributed by atoms with van der Waals surface area (Å²) in [7, 11) is -2.53. The van der Waals surface area contributed by atoms with Crippen LogP contribution in [0.4, 0.5) is 0 Å². The minimum atomic E-state index is -2.53. The van der Waals surface area contributed by atoms with Crippen LogP contribution in [0.15, 0.2) is 72.8 Å². The van der Waals surface area contributed by atoms with Crippen molar-refractivity contribution in [3.05, 3.63) is 72.8 Å². The van der Waals surface area contributed by atoms with Gasteiger partial charge in [0, 0.05) is 37.5 Å². The van der Waals surface area contributed by atoms with Crippen molar-refractivity contribution in [1.29, 1.82) is 0 Å². The summed E-state index contributed by atoms with van der Waals surface area (Å²) in [6.07, 6.45) is 15.1. The molecule has 0 saturated heterocycles. The molecular weight excluding hydrogens is 964 g/mol. The summed E-state index contributed by atoms with van der Waals surface area (Å²) in [6, 6.07) is 22.5. The summed E-state index contributed by atoms with van der Waals surface area (Å²) >= 11 is 40.2. The van der Waals surface area contributed by atoms with Crippen LogP contribution < -0.4 is 28.4 Å². The van der Waals surface area contributed by atoms with Gasteiger partial charge in [-0.1, -0.05) is 166 Å². The molecule has 0 atom stereocenters. The maximum atomic E-state index is 6.70. The van der Waals surface area contributed by atoms with E-state index in [1.807, 2.05) is 72.8 Å². The third-order valence-corrected chi connectivity index (χ3v) is 13.1. The van der Waals surface area contributed by atoms with Crippen molar-refractivity contribution in [3.8, 4) is 34.5 Å². The summed E-state index contributed by atoms with van der Waals surface area (Å²) in [4.78, 5) is 0. The molecule has 0 aliphatic carbocycles. The van der Waals surface area contributed by atoms with Crippen LogP contribution in [0.1, 0.15) is 136 Å². The average molecular weight is 1030 g/mol. The molecule has 0 unspecified atom stereocenters. The SMILES string of the molecule is CCCCCCOc1cccc(OCCCC(Cl)(Cl)OP(OC(Cl)(Cl)CCCOc2cccc(OCCCCCC)c2)OC(Cl)(Cl)CCCOc2cccc(OCCCCCC)c2)c1. The Bertz CT molecular complexity index is 1470. The smallest absolute Gasteiger partial charge is 0.340 e. The van der Waals surface area contributed by atoms with Crippen molar-refractivity contribution in [2.75, 3.05) is 39.6 Å². The van der Waals surface area contributed by atoms with Crippen molar-refractivity contribution < 1.29 is 42.0 Å². The first-order chi connectivity index (χ1) is 30.8. The Morgan fingerprint density at radius 2 is 0.578 bits per heavy atom. The van der Waals surface area contributed by atoms with Gasteiger partial charge in [0.1, 0.15) is 34.5 Å². The first-order valence-electron chi connectivity index (χ1n) is 22.9. The molecule has 0 radical (unpaired) electrons. The van der Waals surface area contributed by atoms with Gasteiger partial charge >= 0.3 is 8.60 Å². The van der Waals surface area contributed by atoms with Crippen LogP contribution in [0.2, 0.25) is 0 Å². The molecule has 0 aliphatic rings. The first-order valence-corrected chi connectivity index (χ1v) is 26.3. The van der Waals surface area contributed by atoms with Gasteiger partial charge in [-0.05, 0) is 74.9 Å². The Kier molecular flexibility index (Phi) is 29.4. The standard InChI is InChI=1S/C48H69Cl6O9P/c1-4-7-10-13-31-55-40-22-16-25-43(37-40)58-34-19-28-46(49,50)61-64(62-47(51,52)29-20-35-59-44-26-17-23-41(38-44)56-32-14-11-8-5-2)63-48(53,54)30-21-36-60-45-27-18-24-42(39-45)57-33-15-12-9-6-3/h16-18,22-27,37-39H,4-15,19-21,28-36H2,1-3H3. The number of hydrogen-bond donors (Lipinski definition) is 0. The average Bonchev–Trinajstić information content (AvgIpc) is 3.25. The molecule has 9 nitrogen and oxygen atoms in total. The molecule has 0 aliphatic heterocycles. The predicted octanol–water partition coefficient (Wildman–Crippen LogP) is 17.1. The van der Waals surface area contributed by atoms with E-state index in [-0.39, 0.29) is 39.1 Å². The van der Waals surface area contributed by atoms with Gasteiger partial charge in [0.25, 0.3) is 0 Å². The van der Waals surface area contributed by atoms with Gasteiger partial charge in [-0.25, -0.2) is 0 Å². The Morgan fingerprint density at radius 1 is 0.344 bits per heavy atom. The number of halogens is 6. The van der Waals surface area contributed by atoms with Crippen molar-refractivity contribution in [2.45, 2.75) is 150 Å². The molecule has 3 aromatic carbocycles. The quantitative estimate of drug-likeness (QED) is 0.0315. The Balaban J connectivity index is 1.55. The molecule has 3 rings (SSSR count). The van der Waals surface area contributed by atoms with E-state index in [9.17, 15) is 0 Å². The van der Waals surface area contributed by atoms with Crippen molar-refractivity contribution in [1.82, 2.24) is 0 Å². The lowest BCUT2D eigenvalue weighted by Crippen LogP contribution is -2.26. The Morgan fingerprint density at radius 3 is 0.812 bits per heavy atom. The zero-order chi connectivity index (χ0) is 46.4. The topological polar surface area (TPSA) is 83.1 Å². The molecule has 0 heterocycles. The Hall–Kier alpha value is -1.49. The molecule has 0 bridgehead atoms. The first kappa shape index (κ1) is 56.8. The summed E-state index contributed by atoms with van der Waals surface area (Å²) in [5.74, 6) is 4.21. The van der Waals surface area contributed by atoms with Crippen molar-refractivity contribution in [3.63, 3.8) is 0 Å². The maximum absolute atomic E-state index is 6.70. The van der Waals surface area contributed by atoms with Gasteiger partial charge in [0.15, 0.2) is 0 Å². The molecule has 3 aromatic rings. The molecule has 0 fully saturated rings. The summed E-state index contributed by atoms with van der Waals surface area (Å²) < 4.78 is 48.1. The maximum Gasteiger partial charge on any atom is 0.340 e. The molecule has 0 spiro atoms. The molecular formula is C48H69Cl6O9P. The molecule has 0 saturated carbocycles. The molecule has 0 aromatic heterocycles. The van der Waals surface area contributed by atoms with Gasteiger partial charge < -0.3 is 28.4 Å². The van der Waals surface area contributed by atoms with E-state index in [1.165, 1.54) is 38.5 Å². The summed E-state index contributed by atoms with van der Waals surface area (Å²) in [5.41, 5.74) is 0. The number of rotatable bonds is 39. The molecule has 362 valence electrons. The number of unbranched alkanes of at least 4 members (excludes halogenated alkanes) is 9. The zero-order valence-electron chi connectivity index (χ0n) is 37.8. The van der Waals surface area contributed by atoms with E-state index in [0.29, 0.717) is 56.3 Å². The Labute approximate surface area is 414 Å². The lowest BCUT2D eigenvalue weighted by molar-refractivity contribution is 0.0807. The number of alkyl halides is 6. The largest absolute Gasteiger partial charge is 0.493 e. The highest BCUT2D eigenvalue weighted by Crippen LogP contribution is 2.57. The highest BCUT2D eigenvalue weighted by molar-refractivity contribution is 7.42. The summed E-state index contributed by atoms with van der Waals surface area (Å²) in [5, 5.41) is 0. The fourth-order valence-corrected chi connectivity index (χ4v) is 8.90. The van der Waals surface area contributed by atoms with E-state index in [0.717, 1.165) is 55.8 Å². The van der Waals surface area contributed by atoms with Gasteiger partial charge in [-0.2, -0.15) is 0 Å². The van der Waals surface area contributed by atoms with Crippen LogP contribution in [0.3, 0.4) is 0 Å². The minimum Gasteiger partial charge on any atom is -0.493 e. The number of hydrogen-bond acceptors (Lipinski definition) is 9. The van der Waals surface area contributed by atoms with Gasteiger partial charge in [0.2, 0.25) is 13.6 Å². The van der Waals surface area contributed by atoms with Crippen LogP contribution in [0.25, 0.3) is 0 Å². The second-order valence-corrected chi connectivity index (χ2v) is 20.7. The molecule has 64 heavy (non-hydrogen) atoms. The number of ether oxygens (including phenoxy) is 6. The van der Waals surface area contributed by atoms with Gasteiger partial charge in [-0.3, -0.25) is 13.6 Å². The van der Waals surface area contributed by atoms with Gasteiger partial charge in [-0.15, -0.1) is 0 Å². The minimum absolute atomic E-state index is 0.120.